The van der Waals surface area contributed by atoms with E-state index in [9.17, 15) is 0 Å². The van der Waals surface area contributed by atoms with Crippen LogP contribution in [0.5, 0.6) is 0 Å². The van der Waals surface area contributed by atoms with E-state index in [1.54, 1.807) is 0 Å². The number of nitrogens with two attached hydrogens (primary N) is 1. The molecule has 0 atom stereocenters. The maximum absolute atomic E-state index is 5.32. The van der Waals surface area contributed by atoms with Gasteiger partial charge in [-0.1, -0.05) is 11.6 Å². The molecule has 0 aromatic heterocycles. The van der Waals surface area contributed by atoms with Crippen molar-refractivity contribution in [3.63, 3.8) is 0 Å². The maximum atomic E-state index is 5.32. The van der Waals surface area contributed by atoms with Crippen LogP contribution in [0.3, 0.4) is 0 Å². The zero-order chi connectivity index (χ0) is 10.7. The van der Waals surface area contributed by atoms with Gasteiger partial charge in [-0.2, -0.15) is 5.10 Å². The minimum absolute atomic E-state index is 0.222. The maximum Gasteiger partial charge on any atom is 0.184 e. The largest absolute Gasteiger partial charge is 0.375 e. The van der Waals surface area contributed by atoms with Crippen molar-refractivity contribution in [2.75, 3.05) is 0 Å². The number of thiocarbonyl (C=S) groups is 1. The Bertz CT molecular complexity index is 366. The molecule has 0 aromatic carbocycles. The molecule has 2 rings (SSSR count). The van der Waals surface area contributed by atoms with Crippen molar-refractivity contribution in [1.82, 2.24) is 5.43 Å². The first-order chi connectivity index (χ1) is 7.25. The third-order valence-corrected chi connectivity index (χ3v) is 2.90. The van der Waals surface area contributed by atoms with E-state index in [0.29, 0.717) is 0 Å². The SMILES string of the molecule is NC(=S)NN=C1C=CC2=C(CCCC2)C1. The van der Waals surface area contributed by atoms with Gasteiger partial charge in [0.25, 0.3) is 0 Å². The summed E-state index contributed by atoms with van der Waals surface area (Å²) in [5.74, 6) is 0. The van der Waals surface area contributed by atoms with E-state index in [0.717, 1.165) is 12.1 Å². The molecule has 0 amide bonds. The second-order valence-electron chi connectivity index (χ2n) is 3.93. The van der Waals surface area contributed by atoms with Crippen LogP contribution in [0.4, 0.5) is 0 Å². The molecule has 4 heteroatoms. The Labute approximate surface area is 95.1 Å². The van der Waals surface area contributed by atoms with Gasteiger partial charge in [-0.15, -0.1) is 0 Å². The van der Waals surface area contributed by atoms with Crippen molar-refractivity contribution < 1.29 is 0 Å². The Kier molecular flexibility index (Phi) is 3.16. The minimum Gasteiger partial charge on any atom is -0.375 e. The zero-order valence-corrected chi connectivity index (χ0v) is 9.44. The first-order valence-corrected chi connectivity index (χ1v) is 5.67. The lowest BCUT2D eigenvalue weighted by Crippen LogP contribution is -2.25. The molecule has 2 aliphatic carbocycles. The summed E-state index contributed by atoms with van der Waals surface area (Å²) < 4.78 is 0. The summed E-state index contributed by atoms with van der Waals surface area (Å²) in [7, 11) is 0. The van der Waals surface area contributed by atoms with Crippen LogP contribution in [0.25, 0.3) is 0 Å². The quantitative estimate of drug-likeness (QED) is 0.526. The topological polar surface area (TPSA) is 50.4 Å². The van der Waals surface area contributed by atoms with E-state index >= 15 is 0 Å². The van der Waals surface area contributed by atoms with Crippen LogP contribution < -0.4 is 11.2 Å². The summed E-state index contributed by atoms with van der Waals surface area (Å²) in [5, 5.41) is 4.37. The third-order valence-electron chi connectivity index (χ3n) is 2.81. The van der Waals surface area contributed by atoms with E-state index in [2.05, 4.69) is 22.7 Å². The number of hydrogen-bond donors (Lipinski definition) is 2. The summed E-state index contributed by atoms with van der Waals surface area (Å²) in [4.78, 5) is 0. The van der Waals surface area contributed by atoms with Gasteiger partial charge in [0, 0.05) is 6.42 Å². The summed E-state index contributed by atoms with van der Waals surface area (Å²) in [6.45, 7) is 0. The zero-order valence-electron chi connectivity index (χ0n) is 8.62. The average Bonchev–Trinajstić information content (AvgIpc) is 2.26. The van der Waals surface area contributed by atoms with Crippen LogP contribution in [0.1, 0.15) is 32.1 Å². The van der Waals surface area contributed by atoms with Crippen molar-refractivity contribution >= 4 is 23.0 Å². The molecule has 0 radical (unpaired) electrons. The first-order valence-electron chi connectivity index (χ1n) is 5.26. The van der Waals surface area contributed by atoms with Crippen LogP contribution in [0.15, 0.2) is 28.4 Å². The van der Waals surface area contributed by atoms with Gasteiger partial charge >= 0.3 is 0 Å². The van der Waals surface area contributed by atoms with Crippen LogP contribution in [0, 0.1) is 0 Å². The molecule has 15 heavy (non-hydrogen) atoms. The molecule has 0 saturated carbocycles. The van der Waals surface area contributed by atoms with Gasteiger partial charge in [-0.3, -0.25) is 5.43 Å². The lowest BCUT2D eigenvalue weighted by atomic mass is 9.85. The fourth-order valence-electron chi connectivity index (χ4n) is 2.07. The summed E-state index contributed by atoms with van der Waals surface area (Å²) in [6.07, 6.45) is 10.2. The first kappa shape index (κ1) is 10.4. The summed E-state index contributed by atoms with van der Waals surface area (Å²) in [5.41, 5.74) is 12.0. The van der Waals surface area contributed by atoms with E-state index in [-0.39, 0.29) is 5.11 Å². The van der Waals surface area contributed by atoms with Gasteiger partial charge in [-0.05, 0) is 49.6 Å². The molecular weight excluding hydrogens is 206 g/mol. The Hall–Kier alpha value is -1.16. The highest BCUT2D eigenvalue weighted by Crippen LogP contribution is 2.30. The highest BCUT2D eigenvalue weighted by molar-refractivity contribution is 7.80. The van der Waals surface area contributed by atoms with Crippen molar-refractivity contribution in [2.24, 2.45) is 10.8 Å². The Balaban J connectivity index is 2.05. The van der Waals surface area contributed by atoms with Crippen LogP contribution in [-0.2, 0) is 0 Å². The van der Waals surface area contributed by atoms with Crippen molar-refractivity contribution in [3.05, 3.63) is 23.3 Å². The second-order valence-corrected chi connectivity index (χ2v) is 4.37. The molecular formula is C11H15N3S. The molecule has 0 bridgehead atoms. The van der Waals surface area contributed by atoms with Gasteiger partial charge in [0.1, 0.15) is 0 Å². The number of hydrazone groups is 1. The Morgan fingerprint density at radius 3 is 2.93 bits per heavy atom. The molecule has 0 unspecified atom stereocenters. The highest BCUT2D eigenvalue weighted by atomic mass is 32.1. The number of rotatable bonds is 1. The predicted molar refractivity (Wildman–Crippen MR) is 66.6 cm³/mol. The Morgan fingerprint density at radius 1 is 1.33 bits per heavy atom. The highest BCUT2D eigenvalue weighted by Gasteiger charge is 2.15. The van der Waals surface area contributed by atoms with Crippen molar-refractivity contribution in [2.45, 2.75) is 32.1 Å². The van der Waals surface area contributed by atoms with Crippen LogP contribution in [-0.4, -0.2) is 10.8 Å². The smallest absolute Gasteiger partial charge is 0.184 e. The van der Waals surface area contributed by atoms with Crippen molar-refractivity contribution in [3.8, 4) is 0 Å². The van der Waals surface area contributed by atoms with Crippen molar-refractivity contribution in [1.29, 1.82) is 0 Å². The fourth-order valence-corrected chi connectivity index (χ4v) is 2.12. The number of allylic oxidation sites excluding steroid dienone is 4. The van der Waals surface area contributed by atoms with Gasteiger partial charge in [0.05, 0.1) is 5.71 Å². The lowest BCUT2D eigenvalue weighted by molar-refractivity contribution is 0.673. The van der Waals surface area contributed by atoms with Gasteiger partial charge < -0.3 is 5.73 Å². The number of nitrogens with zero attached hydrogens (tertiary/aromatic N) is 1. The monoisotopic (exact) mass is 221 g/mol. The van der Waals surface area contributed by atoms with E-state index in [4.69, 9.17) is 18.0 Å². The lowest BCUT2D eigenvalue weighted by Gasteiger charge is -2.21. The van der Waals surface area contributed by atoms with Gasteiger partial charge in [0.15, 0.2) is 5.11 Å². The molecule has 0 fully saturated rings. The fraction of sp³-hybridized carbons (Fsp3) is 0.455. The van der Waals surface area contributed by atoms with E-state index < -0.39 is 0 Å². The van der Waals surface area contributed by atoms with Gasteiger partial charge in [-0.25, -0.2) is 0 Å². The standard InChI is InChI=1S/C11H15N3S/c12-11(15)14-13-10-6-5-8-3-1-2-4-9(8)7-10/h5-6H,1-4,7H2,(H3,12,14,15). The third kappa shape index (κ3) is 2.65. The molecule has 80 valence electrons. The molecule has 2 aliphatic rings. The van der Waals surface area contributed by atoms with Gasteiger partial charge in [0.2, 0.25) is 0 Å². The Morgan fingerprint density at radius 2 is 2.13 bits per heavy atom. The number of nitrogens with one attached hydrogen (secondary N) is 1. The predicted octanol–water partition coefficient (Wildman–Crippen LogP) is 2.01. The molecule has 0 aromatic rings. The normalized spacial score (nSPS) is 22.8. The minimum atomic E-state index is 0.222. The average molecular weight is 221 g/mol. The van der Waals surface area contributed by atoms with E-state index in [1.807, 2.05) is 0 Å². The molecule has 3 N–H and O–H groups in total. The van der Waals surface area contributed by atoms with Crippen LogP contribution >= 0.6 is 12.2 Å². The van der Waals surface area contributed by atoms with Crippen LogP contribution in [0.2, 0.25) is 0 Å². The molecule has 0 spiro atoms. The van der Waals surface area contributed by atoms with E-state index in [1.165, 1.54) is 36.8 Å². The summed E-state index contributed by atoms with van der Waals surface area (Å²) in [6, 6.07) is 0. The molecule has 0 saturated heterocycles. The summed E-state index contributed by atoms with van der Waals surface area (Å²) >= 11 is 4.70. The molecule has 0 heterocycles. The second kappa shape index (κ2) is 4.57. The molecule has 0 aliphatic heterocycles. The number of hydrogen-bond acceptors (Lipinski definition) is 2. The molecule has 3 nitrogen and oxygen atoms in total.